The monoisotopic (exact) mass is 257 g/mol. The number of likely N-dealkylation sites (tertiary alicyclic amines) is 1. The van der Waals surface area contributed by atoms with Crippen LogP contribution in [-0.4, -0.2) is 55.2 Å². The first-order valence-corrected chi connectivity index (χ1v) is 8.00. The second kappa shape index (κ2) is 5.18. The number of rotatable bonds is 4. The van der Waals surface area contributed by atoms with Gasteiger partial charge in [0, 0.05) is 37.2 Å². The quantitative estimate of drug-likeness (QED) is 0.859. The fourth-order valence-corrected chi connectivity index (χ4v) is 2.89. The van der Waals surface area contributed by atoms with Crippen molar-refractivity contribution in [2.75, 3.05) is 31.6 Å². The molecule has 1 aliphatic heterocycles. The van der Waals surface area contributed by atoms with Gasteiger partial charge in [0.2, 0.25) is 0 Å². The third-order valence-corrected chi connectivity index (χ3v) is 4.17. The molecule has 0 aromatic carbocycles. The molecule has 1 N–H and O–H groups in total. The van der Waals surface area contributed by atoms with Crippen molar-refractivity contribution in [1.29, 1.82) is 0 Å². The lowest BCUT2D eigenvalue weighted by atomic mass is 9.95. The molecule has 1 atom stereocenters. The van der Waals surface area contributed by atoms with Crippen LogP contribution in [0.25, 0.3) is 0 Å². The van der Waals surface area contributed by atoms with E-state index < -0.39 is 9.84 Å². The fraction of sp³-hybridized carbons (Fsp3) is 0.727. The largest absolute Gasteiger partial charge is 0.302 e. The SMILES string of the molecule is CS(=O)(=O)CCN1CCCC(c2ccn[nH]2)C1. The van der Waals surface area contributed by atoms with E-state index in [0.717, 1.165) is 31.6 Å². The minimum atomic E-state index is -2.86. The van der Waals surface area contributed by atoms with E-state index in [2.05, 4.69) is 15.1 Å². The molecule has 96 valence electrons. The summed E-state index contributed by atoms with van der Waals surface area (Å²) in [4.78, 5) is 2.23. The van der Waals surface area contributed by atoms with Crippen molar-refractivity contribution in [2.24, 2.45) is 0 Å². The fourth-order valence-electron chi connectivity index (χ4n) is 2.30. The van der Waals surface area contributed by atoms with Crippen LogP contribution in [0.3, 0.4) is 0 Å². The first-order valence-electron chi connectivity index (χ1n) is 5.94. The number of H-pyrrole nitrogens is 1. The van der Waals surface area contributed by atoms with Gasteiger partial charge in [0.05, 0.1) is 5.75 Å². The molecule has 1 aliphatic rings. The molecule has 5 nitrogen and oxygen atoms in total. The summed E-state index contributed by atoms with van der Waals surface area (Å²) in [6.45, 7) is 2.57. The molecule has 1 aromatic heterocycles. The minimum absolute atomic E-state index is 0.253. The Morgan fingerprint density at radius 3 is 3.06 bits per heavy atom. The zero-order chi connectivity index (χ0) is 12.3. The first kappa shape index (κ1) is 12.6. The molecule has 1 unspecified atom stereocenters. The molecule has 1 saturated heterocycles. The number of piperidine rings is 1. The van der Waals surface area contributed by atoms with Gasteiger partial charge >= 0.3 is 0 Å². The molecular formula is C11H19N3O2S. The van der Waals surface area contributed by atoms with E-state index in [4.69, 9.17) is 0 Å². The summed E-state index contributed by atoms with van der Waals surface area (Å²) in [5.41, 5.74) is 1.16. The summed E-state index contributed by atoms with van der Waals surface area (Å²) in [5, 5.41) is 6.97. The normalized spacial score (nSPS) is 22.8. The lowest BCUT2D eigenvalue weighted by molar-refractivity contribution is 0.217. The summed E-state index contributed by atoms with van der Waals surface area (Å²) in [6, 6.07) is 2.00. The molecule has 0 bridgehead atoms. The van der Waals surface area contributed by atoms with Gasteiger partial charge in [0.15, 0.2) is 0 Å². The lowest BCUT2D eigenvalue weighted by Gasteiger charge is -2.31. The van der Waals surface area contributed by atoms with Crippen molar-refractivity contribution in [2.45, 2.75) is 18.8 Å². The van der Waals surface area contributed by atoms with E-state index in [1.165, 1.54) is 6.26 Å². The maximum absolute atomic E-state index is 11.1. The van der Waals surface area contributed by atoms with Crippen molar-refractivity contribution in [3.8, 4) is 0 Å². The van der Waals surface area contributed by atoms with Crippen LogP contribution < -0.4 is 0 Å². The Hall–Kier alpha value is -0.880. The van der Waals surface area contributed by atoms with Crippen LogP contribution in [0.15, 0.2) is 12.3 Å². The Balaban J connectivity index is 1.89. The molecule has 0 radical (unpaired) electrons. The summed E-state index contributed by atoms with van der Waals surface area (Å²) >= 11 is 0. The molecule has 0 saturated carbocycles. The second-order valence-electron chi connectivity index (χ2n) is 4.78. The molecule has 17 heavy (non-hydrogen) atoms. The highest BCUT2D eigenvalue weighted by Crippen LogP contribution is 2.24. The zero-order valence-corrected chi connectivity index (χ0v) is 10.9. The summed E-state index contributed by atoms with van der Waals surface area (Å²) < 4.78 is 22.3. The van der Waals surface area contributed by atoms with Crippen molar-refractivity contribution >= 4 is 9.84 Å². The Bertz CT molecular complexity index is 441. The van der Waals surface area contributed by atoms with Crippen LogP contribution in [-0.2, 0) is 9.84 Å². The van der Waals surface area contributed by atoms with Gasteiger partial charge in [-0.05, 0) is 25.5 Å². The molecular weight excluding hydrogens is 238 g/mol. The predicted molar refractivity (Wildman–Crippen MR) is 66.7 cm³/mol. The van der Waals surface area contributed by atoms with Crippen LogP contribution in [0.5, 0.6) is 0 Å². The highest BCUT2D eigenvalue weighted by atomic mass is 32.2. The Morgan fingerprint density at radius 1 is 1.59 bits per heavy atom. The van der Waals surface area contributed by atoms with Gasteiger partial charge in [-0.3, -0.25) is 5.10 Å². The Morgan fingerprint density at radius 2 is 2.41 bits per heavy atom. The smallest absolute Gasteiger partial charge is 0.148 e. The van der Waals surface area contributed by atoms with Crippen LogP contribution in [0, 0.1) is 0 Å². The van der Waals surface area contributed by atoms with Crippen molar-refractivity contribution in [3.63, 3.8) is 0 Å². The Labute approximate surface area is 102 Å². The third kappa shape index (κ3) is 3.81. The van der Waals surface area contributed by atoms with Crippen molar-refractivity contribution < 1.29 is 8.42 Å². The summed E-state index contributed by atoms with van der Waals surface area (Å²) in [5.74, 6) is 0.716. The summed E-state index contributed by atoms with van der Waals surface area (Å²) in [7, 11) is -2.86. The highest BCUT2D eigenvalue weighted by Gasteiger charge is 2.22. The van der Waals surface area contributed by atoms with Gasteiger partial charge in [-0.15, -0.1) is 0 Å². The Kier molecular flexibility index (Phi) is 3.83. The van der Waals surface area contributed by atoms with Gasteiger partial charge in [0.1, 0.15) is 9.84 Å². The van der Waals surface area contributed by atoms with Gasteiger partial charge in [-0.25, -0.2) is 8.42 Å². The van der Waals surface area contributed by atoms with Crippen LogP contribution in [0.4, 0.5) is 0 Å². The molecule has 0 spiro atoms. The van der Waals surface area contributed by atoms with Gasteiger partial charge in [-0.2, -0.15) is 5.10 Å². The number of sulfone groups is 1. The molecule has 0 aliphatic carbocycles. The standard InChI is InChI=1S/C11H19N3O2S/c1-17(15,16)8-7-14-6-2-3-10(9-14)11-4-5-12-13-11/h4-5,10H,2-3,6-9H2,1H3,(H,12,13). The molecule has 1 aromatic rings. The molecule has 2 heterocycles. The average Bonchev–Trinajstić information content (AvgIpc) is 2.79. The van der Waals surface area contributed by atoms with E-state index in [1.807, 2.05) is 6.07 Å². The topological polar surface area (TPSA) is 66.1 Å². The van der Waals surface area contributed by atoms with Gasteiger partial charge in [0.25, 0.3) is 0 Å². The average molecular weight is 257 g/mol. The zero-order valence-electron chi connectivity index (χ0n) is 10.1. The molecule has 2 rings (SSSR count). The van der Waals surface area contributed by atoms with E-state index >= 15 is 0 Å². The first-order chi connectivity index (χ1) is 8.04. The van der Waals surface area contributed by atoms with Crippen molar-refractivity contribution in [1.82, 2.24) is 15.1 Å². The van der Waals surface area contributed by atoms with Gasteiger partial charge < -0.3 is 4.90 Å². The van der Waals surface area contributed by atoms with Gasteiger partial charge in [-0.1, -0.05) is 0 Å². The third-order valence-electron chi connectivity index (χ3n) is 3.25. The maximum Gasteiger partial charge on any atom is 0.148 e. The highest BCUT2D eigenvalue weighted by molar-refractivity contribution is 7.90. The number of nitrogens with one attached hydrogen (secondary N) is 1. The van der Waals surface area contributed by atoms with Crippen LogP contribution in [0.2, 0.25) is 0 Å². The maximum atomic E-state index is 11.1. The number of hydrogen-bond acceptors (Lipinski definition) is 4. The van der Waals surface area contributed by atoms with Crippen LogP contribution in [0.1, 0.15) is 24.5 Å². The van der Waals surface area contributed by atoms with E-state index in [0.29, 0.717) is 12.5 Å². The lowest BCUT2D eigenvalue weighted by Crippen LogP contribution is -2.37. The van der Waals surface area contributed by atoms with E-state index in [9.17, 15) is 8.42 Å². The number of aromatic amines is 1. The van der Waals surface area contributed by atoms with Crippen LogP contribution >= 0.6 is 0 Å². The second-order valence-corrected chi connectivity index (χ2v) is 7.04. The molecule has 1 fully saturated rings. The number of aromatic nitrogens is 2. The van der Waals surface area contributed by atoms with E-state index in [1.54, 1.807) is 6.20 Å². The molecule has 0 amide bonds. The summed E-state index contributed by atoms with van der Waals surface area (Å²) in [6.07, 6.45) is 5.33. The number of nitrogens with zero attached hydrogens (tertiary/aromatic N) is 2. The molecule has 6 heteroatoms. The minimum Gasteiger partial charge on any atom is -0.302 e. The number of hydrogen-bond donors (Lipinski definition) is 1. The van der Waals surface area contributed by atoms with Crippen molar-refractivity contribution in [3.05, 3.63) is 18.0 Å². The predicted octanol–water partition coefficient (Wildman–Crippen LogP) is 0.634. The van der Waals surface area contributed by atoms with E-state index in [-0.39, 0.29) is 5.75 Å².